The normalized spacial score (nSPS) is 15.6. The van der Waals surface area contributed by atoms with Gasteiger partial charge in [-0.15, -0.1) is 0 Å². The average molecular weight is 253 g/mol. The highest BCUT2D eigenvalue weighted by Gasteiger charge is 2.23. The first-order chi connectivity index (χ1) is 7.71. The molecule has 0 aromatic heterocycles. The monoisotopic (exact) mass is 253 g/mol. The van der Waals surface area contributed by atoms with E-state index in [0.29, 0.717) is 5.75 Å². The maximum Gasteiger partial charge on any atom is 0.0548 e. The van der Waals surface area contributed by atoms with Crippen molar-refractivity contribution in [2.24, 2.45) is 11.1 Å². The summed E-state index contributed by atoms with van der Waals surface area (Å²) in [7, 11) is -1.01. The molecule has 0 bridgehead atoms. The molecule has 0 aliphatic carbocycles. The molecule has 1 aromatic carbocycles. The largest absolute Gasteiger partial charge is 0.326 e. The fourth-order valence-electron chi connectivity index (χ4n) is 1.46. The van der Waals surface area contributed by atoms with Gasteiger partial charge in [-0.1, -0.05) is 32.9 Å². The lowest BCUT2D eigenvalue weighted by Gasteiger charge is -2.26. The maximum absolute atomic E-state index is 12.3. The molecule has 2 N–H and O–H groups in total. The molecule has 2 nitrogen and oxygen atoms in total. The fourth-order valence-corrected chi connectivity index (χ4v) is 3.21. The zero-order chi connectivity index (χ0) is 13.2. The van der Waals surface area contributed by atoms with Crippen molar-refractivity contribution in [3.63, 3.8) is 0 Å². The Morgan fingerprint density at radius 3 is 2.41 bits per heavy atom. The van der Waals surface area contributed by atoms with Crippen LogP contribution in [0.25, 0.3) is 0 Å². The summed E-state index contributed by atoms with van der Waals surface area (Å²) >= 11 is 0. The quantitative estimate of drug-likeness (QED) is 0.900. The molecule has 0 spiro atoms. The highest BCUT2D eigenvalue weighted by atomic mass is 32.2. The standard InChI is InChI=1S/C14H23NOS/c1-10-6-7-11(2)12(8-10)17(16)9-13(15)14(3,4)5/h6-8,13H,9,15H2,1-5H3. The van der Waals surface area contributed by atoms with Crippen molar-refractivity contribution < 1.29 is 4.21 Å². The van der Waals surface area contributed by atoms with Crippen molar-refractivity contribution in [1.82, 2.24) is 0 Å². The van der Waals surface area contributed by atoms with E-state index in [4.69, 9.17) is 5.73 Å². The van der Waals surface area contributed by atoms with E-state index in [-0.39, 0.29) is 11.5 Å². The highest BCUT2D eigenvalue weighted by molar-refractivity contribution is 7.85. The van der Waals surface area contributed by atoms with Gasteiger partial charge < -0.3 is 5.73 Å². The summed E-state index contributed by atoms with van der Waals surface area (Å²) in [5.74, 6) is 0.522. The smallest absolute Gasteiger partial charge is 0.0548 e. The predicted octanol–water partition coefficient (Wildman–Crippen LogP) is 2.78. The Labute approximate surface area is 107 Å². The van der Waals surface area contributed by atoms with Gasteiger partial charge >= 0.3 is 0 Å². The molecule has 0 aliphatic rings. The van der Waals surface area contributed by atoms with E-state index in [0.717, 1.165) is 16.0 Å². The molecular formula is C14H23NOS. The van der Waals surface area contributed by atoms with Crippen molar-refractivity contribution in [1.29, 1.82) is 0 Å². The van der Waals surface area contributed by atoms with E-state index in [1.807, 2.05) is 32.0 Å². The second-order valence-corrected chi connectivity index (χ2v) is 7.22. The topological polar surface area (TPSA) is 43.1 Å². The summed E-state index contributed by atoms with van der Waals surface area (Å²) in [6, 6.07) is 6.01. The molecule has 0 amide bonds. The lowest BCUT2D eigenvalue weighted by molar-refractivity contribution is 0.342. The lowest BCUT2D eigenvalue weighted by Crippen LogP contribution is -2.39. The summed E-state index contributed by atoms with van der Waals surface area (Å²) in [5, 5.41) is 0. The average Bonchev–Trinajstić information content (AvgIpc) is 2.20. The first-order valence-corrected chi connectivity index (χ1v) is 7.25. The number of hydrogen-bond acceptors (Lipinski definition) is 2. The third-order valence-electron chi connectivity index (χ3n) is 3.03. The first-order valence-electron chi connectivity index (χ1n) is 5.93. The molecule has 96 valence electrons. The van der Waals surface area contributed by atoms with Crippen LogP contribution in [0.5, 0.6) is 0 Å². The van der Waals surface area contributed by atoms with Gasteiger partial charge in [0.2, 0.25) is 0 Å². The minimum Gasteiger partial charge on any atom is -0.326 e. The van der Waals surface area contributed by atoms with Gasteiger partial charge in [0, 0.05) is 16.7 Å². The van der Waals surface area contributed by atoms with Crippen LogP contribution in [-0.4, -0.2) is 16.0 Å². The Hall–Kier alpha value is -0.670. The van der Waals surface area contributed by atoms with E-state index < -0.39 is 10.8 Å². The van der Waals surface area contributed by atoms with Gasteiger partial charge in [0.1, 0.15) is 0 Å². The second-order valence-electron chi connectivity index (χ2n) is 5.75. The zero-order valence-electron chi connectivity index (χ0n) is 11.4. The van der Waals surface area contributed by atoms with Crippen molar-refractivity contribution in [3.8, 4) is 0 Å². The van der Waals surface area contributed by atoms with Gasteiger partial charge in [-0.05, 0) is 36.5 Å². The molecule has 0 heterocycles. The van der Waals surface area contributed by atoms with Crippen LogP contribution in [0.3, 0.4) is 0 Å². The summed E-state index contributed by atoms with van der Waals surface area (Å²) < 4.78 is 12.3. The van der Waals surface area contributed by atoms with Gasteiger partial charge in [0.05, 0.1) is 10.8 Å². The number of hydrogen-bond donors (Lipinski definition) is 1. The van der Waals surface area contributed by atoms with Crippen molar-refractivity contribution in [3.05, 3.63) is 29.3 Å². The molecule has 3 heteroatoms. The molecule has 0 radical (unpaired) electrons. The molecule has 0 fully saturated rings. The molecule has 0 saturated carbocycles. The zero-order valence-corrected chi connectivity index (χ0v) is 12.2. The van der Waals surface area contributed by atoms with Crippen molar-refractivity contribution >= 4 is 10.8 Å². The minimum absolute atomic E-state index is 0.00656. The van der Waals surface area contributed by atoms with Gasteiger partial charge in [0.25, 0.3) is 0 Å². The summed E-state index contributed by atoms with van der Waals surface area (Å²) in [6.07, 6.45) is 0. The minimum atomic E-state index is -1.01. The number of aryl methyl sites for hydroxylation is 2. The van der Waals surface area contributed by atoms with Crippen LogP contribution >= 0.6 is 0 Å². The van der Waals surface area contributed by atoms with Crippen LogP contribution in [-0.2, 0) is 10.8 Å². The molecule has 2 atom stereocenters. The Balaban J connectivity index is 2.87. The number of nitrogens with two attached hydrogens (primary N) is 1. The van der Waals surface area contributed by atoms with E-state index in [1.54, 1.807) is 0 Å². The van der Waals surface area contributed by atoms with Crippen LogP contribution < -0.4 is 5.73 Å². The number of rotatable bonds is 3. The summed E-state index contributed by atoms with van der Waals surface area (Å²) in [6.45, 7) is 10.3. The molecule has 0 saturated heterocycles. The van der Waals surface area contributed by atoms with Crippen LogP contribution in [0, 0.1) is 19.3 Å². The highest BCUT2D eigenvalue weighted by Crippen LogP contribution is 2.21. The van der Waals surface area contributed by atoms with Crippen LogP contribution in [0.2, 0.25) is 0 Å². The Morgan fingerprint density at radius 2 is 1.88 bits per heavy atom. The fraction of sp³-hybridized carbons (Fsp3) is 0.571. The Morgan fingerprint density at radius 1 is 1.29 bits per heavy atom. The van der Waals surface area contributed by atoms with E-state index in [1.165, 1.54) is 0 Å². The summed E-state index contributed by atoms with van der Waals surface area (Å²) in [4.78, 5) is 0.921. The first kappa shape index (κ1) is 14.4. The van der Waals surface area contributed by atoms with Crippen LogP contribution in [0.4, 0.5) is 0 Å². The van der Waals surface area contributed by atoms with E-state index in [9.17, 15) is 4.21 Å². The van der Waals surface area contributed by atoms with Crippen molar-refractivity contribution in [2.45, 2.75) is 45.6 Å². The number of benzene rings is 1. The van der Waals surface area contributed by atoms with Crippen LogP contribution in [0.1, 0.15) is 31.9 Å². The molecule has 2 unspecified atom stereocenters. The lowest BCUT2D eigenvalue weighted by atomic mass is 9.89. The third kappa shape index (κ3) is 3.93. The van der Waals surface area contributed by atoms with E-state index >= 15 is 0 Å². The molecule has 0 aliphatic heterocycles. The van der Waals surface area contributed by atoms with E-state index in [2.05, 4.69) is 20.8 Å². The molecule has 1 aromatic rings. The second kappa shape index (κ2) is 5.32. The SMILES string of the molecule is Cc1ccc(C)c(S(=O)CC(N)C(C)(C)C)c1. The molecular weight excluding hydrogens is 230 g/mol. The molecule has 1 rings (SSSR count). The van der Waals surface area contributed by atoms with Gasteiger partial charge in [0.15, 0.2) is 0 Å². The summed E-state index contributed by atoms with van der Waals surface area (Å²) in [5.41, 5.74) is 8.30. The van der Waals surface area contributed by atoms with Gasteiger partial charge in [-0.3, -0.25) is 4.21 Å². The van der Waals surface area contributed by atoms with Crippen molar-refractivity contribution in [2.75, 3.05) is 5.75 Å². The third-order valence-corrected chi connectivity index (χ3v) is 4.62. The van der Waals surface area contributed by atoms with Crippen LogP contribution in [0.15, 0.2) is 23.1 Å². The van der Waals surface area contributed by atoms with Gasteiger partial charge in [-0.25, -0.2) is 0 Å². The molecule has 17 heavy (non-hydrogen) atoms. The Kier molecular flexibility index (Phi) is 4.50. The Bertz CT molecular complexity index is 421. The maximum atomic E-state index is 12.3. The predicted molar refractivity (Wildman–Crippen MR) is 74.6 cm³/mol. The van der Waals surface area contributed by atoms with Gasteiger partial charge in [-0.2, -0.15) is 0 Å².